The Kier molecular flexibility index (Phi) is 5.20. The van der Waals surface area contributed by atoms with Crippen LogP contribution in [-0.2, 0) is 24.6 Å². The Balaban J connectivity index is 2.00. The number of phenolic OH excluding ortho intramolecular Hbond substituents is 1. The molecule has 0 bridgehead atoms. The van der Waals surface area contributed by atoms with E-state index in [-0.39, 0.29) is 17.1 Å². The van der Waals surface area contributed by atoms with Gasteiger partial charge in [-0.2, -0.15) is 0 Å². The van der Waals surface area contributed by atoms with Crippen molar-refractivity contribution in [2.24, 2.45) is 0 Å². The third-order valence-electron chi connectivity index (χ3n) is 4.31. The molecule has 146 valence electrons. The van der Waals surface area contributed by atoms with E-state index >= 15 is 0 Å². The topological polar surface area (TPSA) is 135 Å². The van der Waals surface area contributed by atoms with E-state index in [2.05, 4.69) is 4.98 Å². The minimum absolute atomic E-state index is 0.0471. The van der Waals surface area contributed by atoms with Crippen molar-refractivity contribution in [3.8, 4) is 11.5 Å². The number of aromatic hydroxyl groups is 1. The monoisotopic (exact) mass is 415 g/mol. The van der Waals surface area contributed by atoms with Gasteiger partial charge >= 0.3 is 7.60 Å². The highest BCUT2D eigenvalue weighted by molar-refractivity contribution is 7.75. The van der Waals surface area contributed by atoms with Crippen molar-refractivity contribution in [2.75, 3.05) is 13.8 Å². The molecule has 3 rings (SSSR count). The molecule has 2 heterocycles. The van der Waals surface area contributed by atoms with Crippen molar-refractivity contribution in [3.05, 3.63) is 53.9 Å². The molecule has 4 unspecified atom stereocenters. The summed E-state index contributed by atoms with van der Waals surface area (Å²) in [4.78, 5) is 14.3. The molecule has 1 aliphatic heterocycles. The molecule has 1 aromatic carbocycles. The van der Waals surface area contributed by atoms with Gasteiger partial charge in [0.15, 0.2) is 11.5 Å². The fraction of sp³-hybridized carbons (Fsp3) is 0.312. The predicted octanol–water partition coefficient (Wildman–Crippen LogP) is 2.82. The first-order chi connectivity index (χ1) is 12.6. The van der Waals surface area contributed by atoms with Crippen LogP contribution in [0, 0.1) is 0 Å². The number of hydrogen-bond acceptors (Lipinski definition) is 8. The number of hydrogen-bond donors (Lipinski definition) is 3. The van der Waals surface area contributed by atoms with Crippen LogP contribution >= 0.6 is 15.0 Å². The number of pyridine rings is 1. The smallest absolute Gasteiger partial charge is 0.372 e. The maximum atomic E-state index is 13.1. The van der Waals surface area contributed by atoms with Gasteiger partial charge in [-0.1, -0.05) is 12.1 Å². The Morgan fingerprint density at radius 2 is 2.00 bits per heavy atom. The first kappa shape index (κ1) is 20.0. The van der Waals surface area contributed by atoms with Gasteiger partial charge in [0.2, 0.25) is 18.7 Å². The maximum Gasteiger partial charge on any atom is 0.372 e. The number of ether oxygens (including phenoxy) is 1. The maximum absolute atomic E-state index is 13.1. The van der Waals surface area contributed by atoms with Gasteiger partial charge in [0.1, 0.15) is 0 Å². The van der Waals surface area contributed by atoms with Crippen molar-refractivity contribution < 1.29 is 38.0 Å². The highest BCUT2D eigenvalue weighted by Crippen LogP contribution is 2.79. The van der Waals surface area contributed by atoms with Gasteiger partial charge in [0, 0.05) is 25.5 Å². The van der Waals surface area contributed by atoms with Gasteiger partial charge in [-0.05, 0) is 23.8 Å². The van der Waals surface area contributed by atoms with Gasteiger partial charge in [0.05, 0.1) is 12.7 Å². The van der Waals surface area contributed by atoms with Crippen LogP contribution in [0.3, 0.4) is 0 Å². The summed E-state index contributed by atoms with van der Waals surface area (Å²) in [7, 11) is -7.67. The Hall–Kier alpha value is -1.73. The molecule has 9 nitrogen and oxygen atoms in total. The van der Waals surface area contributed by atoms with E-state index < -0.39 is 32.8 Å². The molecule has 1 aliphatic rings. The molecule has 0 radical (unpaired) electrons. The SMILES string of the molecule is COc1cccc(C2OP(C)(=O)C(O)(Cc3cccnc3)P(=O)(O)O2)c1O. The molecule has 0 saturated carbocycles. The lowest BCUT2D eigenvalue weighted by molar-refractivity contribution is -0.0451. The summed E-state index contributed by atoms with van der Waals surface area (Å²) in [5, 5.41) is 18.4. The minimum atomic E-state index is -4.87. The van der Waals surface area contributed by atoms with Crippen molar-refractivity contribution in [1.29, 1.82) is 0 Å². The average molecular weight is 415 g/mol. The third kappa shape index (κ3) is 3.43. The van der Waals surface area contributed by atoms with Gasteiger partial charge in [-0.25, -0.2) is 0 Å². The zero-order valence-corrected chi connectivity index (χ0v) is 16.3. The predicted molar refractivity (Wildman–Crippen MR) is 95.8 cm³/mol. The number of aromatic nitrogens is 1. The van der Waals surface area contributed by atoms with Crippen molar-refractivity contribution in [1.82, 2.24) is 4.98 Å². The first-order valence-electron chi connectivity index (χ1n) is 7.86. The molecule has 1 saturated heterocycles. The second-order valence-corrected chi connectivity index (χ2v) is 11.1. The van der Waals surface area contributed by atoms with Gasteiger partial charge in [-0.15, -0.1) is 0 Å². The van der Waals surface area contributed by atoms with Crippen LogP contribution in [0.15, 0.2) is 42.7 Å². The molecule has 1 aromatic heterocycles. The molecule has 0 spiro atoms. The van der Waals surface area contributed by atoms with Gasteiger partial charge in [-0.3, -0.25) is 23.2 Å². The van der Waals surface area contributed by atoms with Crippen LogP contribution < -0.4 is 4.74 Å². The summed E-state index contributed by atoms with van der Waals surface area (Å²) in [5.41, 5.74) is 0.334. The Bertz CT molecular complexity index is 909. The third-order valence-corrected chi connectivity index (χ3v) is 9.75. The zero-order valence-electron chi connectivity index (χ0n) is 14.6. The van der Waals surface area contributed by atoms with Crippen molar-refractivity contribution >= 4 is 15.0 Å². The largest absolute Gasteiger partial charge is 0.504 e. The van der Waals surface area contributed by atoms with Crippen molar-refractivity contribution in [2.45, 2.75) is 17.8 Å². The number of rotatable bonds is 4. The molecule has 2 aromatic rings. The molecule has 0 amide bonds. The summed E-state index contributed by atoms with van der Waals surface area (Å²) in [5.74, 6) is -0.308. The Morgan fingerprint density at radius 3 is 2.59 bits per heavy atom. The number of phenols is 1. The lowest BCUT2D eigenvalue weighted by atomic mass is 10.2. The standard InChI is InChI=1S/C16H19NO8P2/c1-23-13-7-3-6-12(14(13)18)15-24-26(2,20)16(19,27(21,22)25-15)9-11-5-4-8-17-10-11/h3-8,10,15,18-19H,9H2,1-2H3,(H,21,22). The first-order valence-corrected chi connectivity index (χ1v) is 11.5. The van der Waals surface area contributed by atoms with Gasteiger partial charge < -0.3 is 19.8 Å². The zero-order chi connectivity index (χ0) is 19.9. The lowest BCUT2D eigenvalue weighted by Crippen LogP contribution is -2.37. The summed E-state index contributed by atoms with van der Waals surface area (Å²) in [6, 6.07) is 7.46. The summed E-state index contributed by atoms with van der Waals surface area (Å²) in [6.45, 7) is 1.05. The van der Waals surface area contributed by atoms with E-state index in [1.807, 2.05) is 0 Å². The number of aliphatic hydroxyl groups is 1. The molecule has 4 atom stereocenters. The Labute approximate surface area is 155 Å². The summed E-state index contributed by atoms with van der Waals surface area (Å²) < 4.78 is 41.4. The molecule has 11 heteroatoms. The van der Waals surface area contributed by atoms with Crippen LogP contribution in [0.2, 0.25) is 0 Å². The van der Waals surface area contributed by atoms with Crippen LogP contribution in [0.1, 0.15) is 17.4 Å². The van der Waals surface area contributed by atoms with Crippen LogP contribution in [-0.4, -0.2) is 38.9 Å². The Morgan fingerprint density at radius 1 is 1.26 bits per heavy atom. The molecular formula is C16H19NO8P2. The fourth-order valence-corrected chi connectivity index (χ4v) is 7.07. The summed E-state index contributed by atoms with van der Waals surface area (Å²) >= 11 is 0. The second-order valence-electron chi connectivity index (χ2n) is 6.12. The lowest BCUT2D eigenvalue weighted by Gasteiger charge is -2.43. The van der Waals surface area contributed by atoms with Crippen LogP contribution in [0.4, 0.5) is 0 Å². The van der Waals surface area contributed by atoms with E-state index in [4.69, 9.17) is 13.8 Å². The fourth-order valence-electron chi connectivity index (χ4n) is 2.76. The van der Waals surface area contributed by atoms with E-state index in [9.17, 15) is 24.2 Å². The number of nitrogens with zero attached hydrogens (tertiary/aromatic N) is 1. The van der Waals surface area contributed by atoms with E-state index in [1.165, 1.54) is 37.7 Å². The molecule has 0 aliphatic carbocycles. The number of methoxy groups -OCH3 is 1. The van der Waals surface area contributed by atoms with E-state index in [0.717, 1.165) is 6.66 Å². The van der Waals surface area contributed by atoms with Crippen LogP contribution in [0.5, 0.6) is 11.5 Å². The normalized spacial score (nSPS) is 33.6. The van der Waals surface area contributed by atoms with E-state index in [1.54, 1.807) is 12.1 Å². The highest BCUT2D eigenvalue weighted by Gasteiger charge is 2.65. The average Bonchev–Trinajstić information content (AvgIpc) is 2.60. The van der Waals surface area contributed by atoms with Gasteiger partial charge in [0.25, 0.3) is 0 Å². The minimum Gasteiger partial charge on any atom is -0.504 e. The quantitative estimate of drug-likeness (QED) is 0.644. The summed E-state index contributed by atoms with van der Waals surface area (Å²) in [6.07, 6.45) is 0.783. The van der Waals surface area contributed by atoms with Crippen molar-refractivity contribution in [3.63, 3.8) is 0 Å². The molecular weight excluding hydrogens is 396 g/mol. The van der Waals surface area contributed by atoms with E-state index in [0.29, 0.717) is 5.56 Å². The molecule has 3 N–H and O–H groups in total. The molecule has 27 heavy (non-hydrogen) atoms. The second kappa shape index (κ2) is 7.02. The van der Waals surface area contributed by atoms with Crippen LogP contribution in [0.25, 0.3) is 0 Å². The number of benzene rings is 1. The molecule has 1 fully saturated rings. The number of para-hydroxylation sites is 1. The highest BCUT2D eigenvalue weighted by atomic mass is 31.2.